The van der Waals surface area contributed by atoms with Crippen LogP contribution in [0.2, 0.25) is 0 Å². The molecule has 0 saturated carbocycles. The number of nitrogens with one attached hydrogen (secondary N) is 3. The number of piperidine rings is 1. The van der Waals surface area contributed by atoms with Gasteiger partial charge in [-0.15, -0.1) is 0 Å². The molecule has 1 aliphatic heterocycles. The first-order chi connectivity index (χ1) is 13.0. The fraction of sp³-hybridized carbons (Fsp3) is 0.571. The minimum absolute atomic E-state index is 0.417. The van der Waals surface area contributed by atoms with Gasteiger partial charge < -0.3 is 15.1 Å². The highest BCUT2D eigenvalue weighted by Crippen LogP contribution is 2.31. The van der Waals surface area contributed by atoms with Crippen LogP contribution < -0.4 is 15.2 Å². The molecule has 0 bridgehead atoms. The number of ketones is 2. The van der Waals surface area contributed by atoms with Crippen molar-refractivity contribution >= 4 is 23.0 Å². The number of nitrogens with zero attached hydrogens (tertiary/aromatic N) is 1. The number of aryl methyl sites for hydroxylation is 1. The Balaban J connectivity index is 1.91. The van der Waals surface area contributed by atoms with Gasteiger partial charge in [-0.3, -0.25) is 9.59 Å². The lowest BCUT2D eigenvalue weighted by atomic mass is 9.93. The summed E-state index contributed by atoms with van der Waals surface area (Å²) >= 11 is 0. The number of likely N-dealkylation sites (tertiary alicyclic amines) is 1. The van der Waals surface area contributed by atoms with Crippen molar-refractivity contribution in [2.45, 2.75) is 40.0 Å². The van der Waals surface area contributed by atoms with Crippen LogP contribution in [0.3, 0.4) is 0 Å². The molecule has 27 heavy (non-hydrogen) atoms. The van der Waals surface area contributed by atoms with Gasteiger partial charge in [-0.05, 0) is 33.1 Å². The van der Waals surface area contributed by atoms with E-state index in [0.717, 1.165) is 74.9 Å². The normalized spacial score (nSPS) is 17.2. The third-order valence-electron chi connectivity index (χ3n) is 5.67. The number of rotatable bonds is 7. The van der Waals surface area contributed by atoms with E-state index >= 15 is 0 Å². The molecule has 0 atom stereocenters. The first-order valence-electron chi connectivity index (χ1n) is 10.2. The van der Waals surface area contributed by atoms with Gasteiger partial charge in [0.15, 0.2) is 5.69 Å². The maximum atomic E-state index is 12.7. The molecule has 1 aromatic heterocycles. The van der Waals surface area contributed by atoms with Gasteiger partial charge in [-0.2, -0.15) is 0 Å². The van der Waals surface area contributed by atoms with Crippen LogP contribution in [0.25, 0.3) is 5.70 Å². The molecule has 3 N–H and O–H groups in total. The fourth-order valence-electron chi connectivity index (χ4n) is 4.03. The van der Waals surface area contributed by atoms with E-state index in [-0.39, 0.29) is 0 Å². The summed E-state index contributed by atoms with van der Waals surface area (Å²) in [5, 5.41) is 3.43. The van der Waals surface area contributed by atoms with Crippen molar-refractivity contribution < 1.29 is 19.5 Å². The molecule has 1 aromatic rings. The molecule has 6 nitrogen and oxygen atoms in total. The van der Waals surface area contributed by atoms with Crippen molar-refractivity contribution in [3.8, 4) is 0 Å². The lowest BCUT2D eigenvalue weighted by molar-refractivity contribution is -0.894. The second-order valence-corrected chi connectivity index (χ2v) is 7.52. The fourth-order valence-corrected chi connectivity index (χ4v) is 4.03. The van der Waals surface area contributed by atoms with Crippen LogP contribution in [0.15, 0.2) is 12.1 Å². The third-order valence-corrected chi connectivity index (χ3v) is 5.67. The molecule has 0 amide bonds. The van der Waals surface area contributed by atoms with E-state index in [2.05, 4.69) is 29.0 Å². The summed E-state index contributed by atoms with van der Waals surface area (Å²) in [4.78, 5) is 32.2. The second-order valence-electron chi connectivity index (χ2n) is 7.52. The van der Waals surface area contributed by atoms with Crippen LogP contribution in [0.4, 0.5) is 5.69 Å². The van der Waals surface area contributed by atoms with Gasteiger partial charge in [0.25, 0.3) is 0 Å². The summed E-state index contributed by atoms with van der Waals surface area (Å²) in [5.41, 5.74) is 3.92. The van der Waals surface area contributed by atoms with Crippen LogP contribution in [0.5, 0.6) is 0 Å². The number of Topliss-reactive ketones (excluding diaryl/α,β-unsaturated/α-hetero) is 1. The molecule has 0 radical (unpaired) electrons. The Morgan fingerprint density at radius 2 is 1.85 bits per heavy atom. The number of allylic oxidation sites excluding steroid dienone is 1. The van der Waals surface area contributed by atoms with Crippen molar-refractivity contribution in [2.75, 3.05) is 44.6 Å². The number of quaternary nitrogens is 1. The molecule has 6 heteroatoms. The number of likely N-dealkylation sites (N-methyl/N-ethyl adjacent to an activating group) is 1. The molecule has 146 valence electrons. The minimum Gasteiger partial charge on any atom is -0.378 e. The molecule has 3 rings (SSSR count). The number of aromatic nitrogens is 1. The van der Waals surface area contributed by atoms with Gasteiger partial charge in [0.05, 0.1) is 31.9 Å². The third kappa shape index (κ3) is 4.21. The number of hydrogen-bond donors (Lipinski definition) is 2. The molecule has 0 unspecified atom stereocenters. The van der Waals surface area contributed by atoms with E-state index < -0.39 is 11.6 Å². The van der Waals surface area contributed by atoms with E-state index in [4.69, 9.17) is 0 Å². The highest BCUT2D eigenvalue weighted by atomic mass is 16.2. The van der Waals surface area contributed by atoms with Gasteiger partial charge in [0.2, 0.25) is 17.3 Å². The summed E-state index contributed by atoms with van der Waals surface area (Å²) in [5.74, 6) is -0.836. The van der Waals surface area contributed by atoms with Gasteiger partial charge in [0.1, 0.15) is 11.3 Å². The summed E-state index contributed by atoms with van der Waals surface area (Å²) < 4.78 is 0. The average Bonchev–Trinajstić information content (AvgIpc) is 2.68. The lowest BCUT2D eigenvalue weighted by Gasteiger charge is -2.31. The number of anilines is 1. The van der Waals surface area contributed by atoms with Gasteiger partial charge in [0, 0.05) is 32.2 Å². The zero-order valence-corrected chi connectivity index (χ0v) is 16.8. The van der Waals surface area contributed by atoms with Crippen molar-refractivity contribution in [3.63, 3.8) is 0 Å². The summed E-state index contributed by atoms with van der Waals surface area (Å²) in [6.07, 6.45) is 4.99. The quantitative estimate of drug-likeness (QED) is 0.693. The van der Waals surface area contributed by atoms with E-state index in [1.54, 1.807) is 0 Å². The first-order valence-corrected chi connectivity index (χ1v) is 10.2. The number of pyridine rings is 1. The Bertz CT molecular complexity index is 747. The summed E-state index contributed by atoms with van der Waals surface area (Å²) in [7, 11) is 0. The van der Waals surface area contributed by atoms with E-state index in [1.807, 2.05) is 13.0 Å². The SMILES string of the molecule is CC[NH+](CC)CCNc1cc(C)[nH+]c2c1C(=O)C(=O)C=C2N1CCCCC1. The second kappa shape index (κ2) is 8.65. The zero-order chi connectivity index (χ0) is 19.4. The van der Waals surface area contributed by atoms with Crippen LogP contribution in [-0.2, 0) is 4.79 Å². The van der Waals surface area contributed by atoms with E-state index in [0.29, 0.717) is 5.56 Å². The van der Waals surface area contributed by atoms with Gasteiger partial charge in [-0.25, -0.2) is 4.98 Å². The maximum absolute atomic E-state index is 12.7. The van der Waals surface area contributed by atoms with Crippen LogP contribution >= 0.6 is 0 Å². The average molecular weight is 373 g/mol. The van der Waals surface area contributed by atoms with Crippen LogP contribution in [-0.4, -0.2) is 55.7 Å². The number of carbonyl (C=O) groups is 2. The Labute approximate surface area is 161 Å². The minimum atomic E-state index is -0.419. The molecule has 1 saturated heterocycles. The first kappa shape index (κ1) is 19.5. The number of hydrogen-bond acceptors (Lipinski definition) is 4. The highest BCUT2D eigenvalue weighted by Gasteiger charge is 2.36. The molecule has 2 heterocycles. The molecule has 1 fully saturated rings. The van der Waals surface area contributed by atoms with Gasteiger partial charge in [-0.1, -0.05) is 0 Å². The Morgan fingerprint density at radius 3 is 2.52 bits per heavy atom. The van der Waals surface area contributed by atoms with E-state index in [1.165, 1.54) is 17.4 Å². The number of H-pyrrole nitrogens is 1. The molecule has 1 aliphatic carbocycles. The predicted octanol–water partition coefficient (Wildman–Crippen LogP) is 0.738. The largest absolute Gasteiger partial charge is 0.378 e. The molecule has 2 aliphatic rings. The van der Waals surface area contributed by atoms with Crippen molar-refractivity contribution in [2.24, 2.45) is 0 Å². The number of carbonyl (C=O) groups excluding carboxylic acids is 2. The Morgan fingerprint density at radius 1 is 1.15 bits per heavy atom. The summed E-state index contributed by atoms with van der Waals surface area (Å²) in [6.45, 7) is 12.1. The standard InChI is InChI=1S/C21H30N4O2/c1-4-24(5-2)12-9-22-16-13-15(3)23-20-17(25-10-7-6-8-11-25)14-18(26)21(27)19(16)20/h13-14H,4-12H2,1-3H3,(H,22,23)/p+2. The van der Waals surface area contributed by atoms with Crippen molar-refractivity contribution in [1.29, 1.82) is 0 Å². The number of fused-ring (bicyclic) bond motifs is 1. The molecular formula is C21H32N4O2+2. The molecule has 0 aromatic carbocycles. The predicted molar refractivity (Wildman–Crippen MR) is 106 cm³/mol. The van der Waals surface area contributed by atoms with Crippen LogP contribution in [0.1, 0.15) is 54.9 Å². The smallest absolute Gasteiger partial charge is 0.241 e. The van der Waals surface area contributed by atoms with Crippen LogP contribution in [0, 0.1) is 6.92 Å². The zero-order valence-electron chi connectivity index (χ0n) is 16.8. The lowest BCUT2D eigenvalue weighted by Crippen LogP contribution is -3.12. The Hall–Kier alpha value is -2.21. The monoisotopic (exact) mass is 372 g/mol. The molecular weight excluding hydrogens is 340 g/mol. The van der Waals surface area contributed by atoms with Crippen molar-refractivity contribution in [1.82, 2.24) is 4.90 Å². The molecule has 0 spiro atoms. The number of aromatic amines is 1. The highest BCUT2D eigenvalue weighted by molar-refractivity contribution is 6.51. The van der Waals surface area contributed by atoms with E-state index in [9.17, 15) is 9.59 Å². The summed E-state index contributed by atoms with van der Waals surface area (Å²) in [6, 6.07) is 1.95. The van der Waals surface area contributed by atoms with Gasteiger partial charge >= 0.3 is 0 Å². The Kier molecular flexibility index (Phi) is 6.26. The van der Waals surface area contributed by atoms with Crippen molar-refractivity contribution in [3.05, 3.63) is 29.1 Å². The maximum Gasteiger partial charge on any atom is 0.241 e. The topological polar surface area (TPSA) is 68.0 Å².